The normalized spacial score (nSPS) is 10.5. The van der Waals surface area contributed by atoms with Gasteiger partial charge < -0.3 is 15.3 Å². The molecule has 4 nitrogen and oxygen atoms in total. The maximum Gasteiger partial charge on any atom is 0.322 e. The van der Waals surface area contributed by atoms with Crippen molar-refractivity contribution in [3.8, 4) is 0 Å². The topological polar surface area (TPSA) is 52.6 Å². The number of halogens is 3. The molecule has 0 fully saturated rings. The van der Waals surface area contributed by atoms with Crippen LogP contribution in [0.4, 0.5) is 23.7 Å². The number of aliphatic hydroxyl groups excluding tert-OH is 1. The monoisotopic (exact) mass is 262 g/mol. The molecule has 0 atom stereocenters. The number of nitrogens with one attached hydrogen (secondary N) is 1. The summed E-state index contributed by atoms with van der Waals surface area (Å²) in [4.78, 5) is 12.4. The maximum absolute atomic E-state index is 12.9. The number of benzene rings is 1. The largest absolute Gasteiger partial charge is 0.395 e. The van der Waals surface area contributed by atoms with E-state index >= 15 is 0 Å². The first-order chi connectivity index (χ1) is 8.52. The Balaban J connectivity index is 2.66. The molecule has 100 valence electrons. The molecule has 0 aliphatic rings. The minimum absolute atomic E-state index is 0.164. The highest BCUT2D eigenvalue weighted by atomic mass is 19.3. The van der Waals surface area contributed by atoms with Gasteiger partial charge in [-0.15, -0.1) is 0 Å². The predicted octanol–water partition coefficient (Wildman–Crippen LogP) is 1.92. The lowest BCUT2D eigenvalue weighted by atomic mass is 10.3. The van der Waals surface area contributed by atoms with Gasteiger partial charge in [0, 0.05) is 12.2 Å². The highest BCUT2D eigenvalue weighted by molar-refractivity contribution is 5.89. The number of hydrogen-bond donors (Lipinski definition) is 2. The van der Waals surface area contributed by atoms with Crippen LogP contribution in [0.5, 0.6) is 0 Å². The number of rotatable bonds is 5. The SMILES string of the molecule is O=C(Nc1cccc(F)c1)N(CCO)CC(F)F. The van der Waals surface area contributed by atoms with Gasteiger partial charge in [0.2, 0.25) is 0 Å². The number of nitrogens with zero attached hydrogens (tertiary/aromatic N) is 1. The lowest BCUT2D eigenvalue weighted by Crippen LogP contribution is -2.40. The van der Waals surface area contributed by atoms with Crippen LogP contribution in [-0.2, 0) is 0 Å². The molecule has 0 spiro atoms. The number of urea groups is 1. The summed E-state index contributed by atoms with van der Waals surface area (Å²) in [5.41, 5.74) is 0.164. The van der Waals surface area contributed by atoms with Gasteiger partial charge in [-0.25, -0.2) is 18.0 Å². The lowest BCUT2D eigenvalue weighted by molar-refractivity contribution is 0.0943. The Morgan fingerprint density at radius 1 is 1.44 bits per heavy atom. The standard InChI is InChI=1S/C11H13F3N2O2/c12-8-2-1-3-9(6-8)15-11(18)16(4-5-17)7-10(13)14/h1-3,6,10,17H,4-5,7H2,(H,15,18). The zero-order valence-corrected chi connectivity index (χ0v) is 9.44. The van der Waals surface area contributed by atoms with Crippen LogP contribution < -0.4 is 5.32 Å². The number of amides is 2. The third kappa shape index (κ3) is 4.62. The summed E-state index contributed by atoms with van der Waals surface area (Å²) in [6.07, 6.45) is -2.70. The second-order valence-corrected chi connectivity index (χ2v) is 3.50. The van der Waals surface area contributed by atoms with Crippen molar-refractivity contribution >= 4 is 11.7 Å². The summed E-state index contributed by atoms with van der Waals surface area (Å²) < 4.78 is 37.3. The Bertz CT molecular complexity index is 402. The first-order valence-electron chi connectivity index (χ1n) is 5.23. The summed E-state index contributed by atoms with van der Waals surface area (Å²) in [5.74, 6) is -0.546. The van der Waals surface area contributed by atoms with Gasteiger partial charge in [0.15, 0.2) is 0 Å². The van der Waals surface area contributed by atoms with Crippen LogP contribution in [0, 0.1) is 5.82 Å². The third-order valence-electron chi connectivity index (χ3n) is 2.09. The Labute approximate surface area is 102 Å². The zero-order valence-electron chi connectivity index (χ0n) is 9.44. The van der Waals surface area contributed by atoms with Gasteiger partial charge in [-0.05, 0) is 18.2 Å². The molecule has 0 aliphatic carbocycles. The van der Waals surface area contributed by atoms with Gasteiger partial charge >= 0.3 is 6.03 Å². The molecule has 0 radical (unpaired) electrons. The smallest absolute Gasteiger partial charge is 0.322 e. The Morgan fingerprint density at radius 2 is 2.17 bits per heavy atom. The number of aliphatic hydroxyl groups is 1. The van der Waals surface area contributed by atoms with E-state index in [0.717, 1.165) is 11.0 Å². The second-order valence-electron chi connectivity index (χ2n) is 3.50. The molecular formula is C11H13F3N2O2. The summed E-state index contributed by atoms with van der Waals surface area (Å²) in [6, 6.07) is 4.27. The van der Waals surface area contributed by atoms with E-state index in [4.69, 9.17) is 5.11 Å². The lowest BCUT2D eigenvalue weighted by Gasteiger charge is -2.21. The molecule has 18 heavy (non-hydrogen) atoms. The van der Waals surface area contributed by atoms with Crippen LogP contribution in [0.1, 0.15) is 0 Å². The number of alkyl halides is 2. The quantitative estimate of drug-likeness (QED) is 0.851. The molecule has 0 saturated carbocycles. The number of hydrogen-bond acceptors (Lipinski definition) is 2. The highest BCUT2D eigenvalue weighted by Crippen LogP contribution is 2.10. The van der Waals surface area contributed by atoms with E-state index in [2.05, 4.69) is 5.32 Å². The van der Waals surface area contributed by atoms with Crippen LogP contribution in [0.3, 0.4) is 0 Å². The first-order valence-corrected chi connectivity index (χ1v) is 5.23. The minimum Gasteiger partial charge on any atom is -0.395 e. The van der Waals surface area contributed by atoms with Gasteiger partial charge in [0.25, 0.3) is 6.43 Å². The van der Waals surface area contributed by atoms with Crippen molar-refractivity contribution in [3.63, 3.8) is 0 Å². The van der Waals surface area contributed by atoms with Crippen molar-refractivity contribution in [1.82, 2.24) is 4.90 Å². The van der Waals surface area contributed by atoms with Crippen LogP contribution in [-0.4, -0.2) is 42.2 Å². The Morgan fingerprint density at radius 3 is 2.72 bits per heavy atom. The highest BCUT2D eigenvalue weighted by Gasteiger charge is 2.17. The van der Waals surface area contributed by atoms with Gasteiger partial charge in [0.1, 0.15) is 5.82 Å². The van der Waals surface area contributed by atoms with E-state index in [1.165, 1.54) is 18.2 Å². The van der Waals surface area contributed by atoms with Gasteiger partial charge in [-0.3, -0.25) is 0 Å². The molecule has 0 heterocycles. The van der Waals surface area contributed by atoms with Gasteiger partial charge in [-0.1, -0.05) is 6.07 Å². The molecule has 7 heteroatoms. The third-order valence-corrected chi connectivity index (χ3v) is 2.09. The number of anilines is 1. The Kier molecular flexibility index (Phi) is 5.44. The molecular weight excluding hydrogens is 249 g/mol. The summed E-state index contributed by atoms with van der Waals surface area (Å²) >= 11 is 0. The number of carbonyl (C=O) groups is 1. The van der Waals surface area contributed by atoms with Crippen molar-refractivity contribution in [2.75, 3.05) is 25.0 Å². The van der Waals surface area contributed by atoms with Crippen LogP contribution in [0.15, 0.2) is 24.3 Å². The number of carbonyl (C=O) groups excluding carboxylic acids is 1. The fraction of sp³-hybridized carbons (Fsp3) is 0.364. The van der Waals surface area contributed by atoms with E-state index < -0.39 is 31.4 Å². The van der Waals surface area contributed by atoms with E-state index in [9.17, 15) is 18.0 Å². The van der Waals surface area contributed by atoms with Crippen LogP contribution >= 0.6 is 0 Å². The minimum atomic E-state index is -2.70. The average molecular weight is 262 g/mol. The van der Waals surface area contributed by atoms with Gasteiger partial charge in [-0.2, -0.15) is 0 Å². The van der Waals surface area contributed by atoms with E-state index in [0.29, 0.717) is 0 Å². The molecule has 0 bridgehead atoms. The second kappa shape index (κ2) is 6.85. The van der Waals surface area contributed by atoms with Crippen molar-refractivity contribution in [1.29, 1.82) is 0 Å². The summed E-state index contributed by atoms with van der Waals surface area (Å²) in [7, 11) is 0. The molecule has 1 aromatic rings. The first kappa shape index (κ1) is 14.3. The fourth-order valence-corrected chi connectivity index (χ4v) is 1.33. The summed E-state index contributed by atoms with van der Waals surface area (Å²) in [6.45, 7) is -1.43. The Hall–Kier alpha value is -1.76. The van der Waals surface area contributed by atoms with Crippen molar-refractivity contribution < 1.29 is 23.1 Å². The van der Waals surface area contributed by atoms with Gasteiger partial charge in [0.05, 0.1) is 13.2 Å². The molecule has 1 aromatic carbocycles. The molecule has 0 aliphatic heterocycles. The molecule has 1 rings (SSSR count). The maximum atomic E-state index is 12.9. The fourth-order valence-electron chi connectivity index (χ4n) is 1.33. The predicted molar refractivity (Wildman–Crippen MR) is 60.1 cm³/mol. The van der Waals surface area contributed by atoms with Crippen molar-refractivity contribution in [3.05, 3.63) is 30.1 Å². The summed E-state index contributed by atoms with van der Waals surface area (Å²) in [5, 5.41) is 11.0. The van der Waals surface area contributed by atoms with Crippen LogP contribution in [0.2, 0.25) is 0 Å². The molecule has 0 unspecified atom stereocenters. The molecule has 2 amide bonds. The van der Waals surface area contributed by atoms with E-state index in [1.54, 1.807) is 0 Å². The van der Waals surface area contributed by atoms with E-state index in [-0.39, 0.29) is 12.2 Å². The zero-order chi connectivity index (χ0) is 13.5. The van der Waals surface area contributed by atoms with Crippen molar-refractivity contribution in [2.45, 2.75) is 6.43 Å². The molecule has 0 saturated heterocycles. The van der Waals surface area contributed by atoms with E-state index in [1.807, 2.05) is 0 Å². The molecule has 2 N–H and O–H groups in total. The van der Waals surface area contributed by atoms with Crippen LogP contribution in [0.25, 0.3) is 0 Å². The average Bonchev–Trinajstić information content (AvgIpc) is 2.27. The van der Waals surface area contributed by atoms with Crippen molar-refractivity contribution in [2.24, 2.45) is 0 Å². The molecule has 0 aromatic heterocycles.